The van der Waals surface area contributed by atoms with Gasteiger partial charge in [-0.1, -0.05) is 0 Å². The molecule has 0 bridgehead atoms. The molecule has 1 unspecified atom stereocenters. The molecule has 1 aliphatic rings. The van der Waals surface area contributed by atoms with Gasteiger partial charge in [-0.2, -0.15) is 0 Å². The molecule has 4 heteroatoms. The van der Waals surface area contributed by atoms with Crippen LogP contribution in [0.2, 0.25) is 0 Å². The van der Waals surface area contributed by atoms with Crippen molar-refractivity contribution in [2.45, 2.75) is 19.4 Å². The molecule has 1 aromatic rings. The monoisotopic (exact) mass is 224 g/mol. The average Bonchev–Trinajstić information content (AvgIpc) is 2.43. The van der Waals surface area contributed by atoms with Gasteiger partial charge in [0.25, 0.3) is 0 Å². The molecule has 0 aliphatic carbocycles. The Morgan fingerprint density at radius 2 is 2.31 bits per heavy atom. The normalized spacial score (nSPS) is 21.9. The molecule has 1 fully saturated rings. The predicted octanol–water partition coefficient (Wildman–Crippen LogP) is 2.02. The number of nitrogen functional groups attached to an aromatic ring is 1. The number of hydrogen-bond acceptors (Lipinski definition) is 3. The van der Waals surface area contributed by atoms with Crippen LogP contribution in [0.3, 0.4) is 0 Å². The molecule has 2 rings (SSSR count). The van der Waals surface area contributed by atoms with Crippen LogP contribution in [0, 0.1) is 5.82 Å². The lowest BCUT2D eigenvalue weighted by Crippen LogP contribution is -2.30. The minimum Gasteiger partial charge on any atom is -0.397 e. The van der Waals surface area contributed by atoms with Crippen molar-refractivity contribution < 1.29 is 9.13 Å². The highest BCUT2D eigenvalue weighted by Crippen LogP contribution is 2.25. The zero-order chi connectivity index (χ0) is 11.5. The number of anilines is 2. The SMILES string of the molecule is CC1CN(c2ccc(F)cc2N)CCCO1. The standard InChI is InChI=1S/C12H17FN2O/c1-9-8-15(5-2-6-16-9)12-4-3-10(13)7-11(12)14/h3-4,7,9H,2,5-6,8,14H2,1H3. The van der Waals surface area contributed by atoms with Gasteiger partial charge >= 0.3 is 0 Å². The van der Waals surface area contributed by atoms with E-state index in [1.54, 1.807) is 6.07 Å². The first-order valence-electron chi connectivity index (χ1n) is 5.58. The molecular weight excluding hydrogens is 207 g/mol. The van der Waals surface area contributed by atoms with Crippen LogP contribution in [0.25, 0.3) is 0 Å². The molecule has 16 heavy (non-hydrogen) atoms. The van der Waals surface area contributed by atoms with Crippen LogP contribution in [-0.4, -0.2) is 25.8 Å². The molecule has 1 saturated heterocycles. The summed E-state index contributed by atoms with van der Waals surface area (Å²) >= 11 is 0. The molecule has 1 aromatic carbocycles. The summed E-state index contributed by atoms with van der Waals surface area (Å²) < 4.78 is 18.5. The van der Waals surface area contributed by atoms with Gasteiger partial charge in [0.05, 0.1) is 17.5 Å². The molecular formula is C12H17FN2O. The first-order valence-corrected chi connectivity index (χ1v) is 5.58. The number of halogens is 1. The highest BCUT2D eigenvalue weighted by Gasteiger charge is 2.17. The molecule has 3 nitrogen and oxygen atoms in total. The minimum atomic E-state index is -0.291. The summed E-state index contributed by atoms with van der Waals surface area (Å²) in [6.45, 7) is 4.52. The van der Waals surface area contributed by atoms with Gasteiger partial charge in [0.15, 0.2) is 0 Å². The van der Waals surface area contributed by atoms with Crippen molar-refractivity contribution in [3.8, 4) is 0 Å². The molecule has 0 amide bonds. The van der Waals surface area contributed by atoms with E-state index in [0.717, 1.165) is 31.8 Å². The first kappa shape index (κ1) is 11.2. The summed E-state index contributed by atoms with van der Waals surface area (Å²) in [4.78, 5) is 2.16. The van der Waals surface area contributed by atoms with Crippen molar-refractivity contribution in [2.24, 2.45) is 0 Å². The quantitative estimate of drug-likeness (QED) is 0.742. The molecule has 2 N–H and O–H groups in total. The largest absolute Gasteiger partial charge is 0.397 e. The molecule has 1 atom stereocenters. The third kappa shape index (κ3) is 2.44. The second kappa shape index (κ2) is 4.70. The van der Waals surface area contributed by atoms with Gasteiger partial charge in [-0.3, -0.25) is 0 Å². The van der Waals surface area contributed by atoms with Gasteiger partial charge < -0.3 is 15.4 Å². The summed E-state index contributed by atoms with van der Waals surface area (Å²) in [7, 11) is 0. The summed E-state index contributed by atoms with van der Waals surface area (Å²) in [5, 5.41) is 0. The van der Waals surface area contributed by atoms with Crippen LogP contribution in [0.4, 0.5) is 15.8 Å². The highest BCUT2D eigenvalue weighted by molar-refractivity contribution is 5.67. The Labute approximate surface area is 95.0 Å². The van der Waals surface area contributed by atoms with E-state index in [0.29, 0.717) is 5.69 Å². The third-order valence-electron chi connectivity index (χ3n) is 2.78. The van der Waals surface area contributed by atoms with Crippen LogP contribution in [0.5, 0.6) is 0 Å². The maximum Gasteiger partial charge on any atom is 0.125 e. The molecule has 1 heterocycles. The highest BCUT2D eigenvalue weighted by atomic mass is 19.1. The van der Waals surface area contributed by atoms with Crippen LogP contribution < -0.4 is 10.6 Å². The number of ether oxygens (including phenoxy) is 1. The third-order valence-corrected chi connectivity index (χ3v) is 2.78. The van der Waals surface area contributed by atoms with Crippen LogP contribution >= 0.6 is 0 Å². The number of rotatable bonds is 1. The zero-order valence-electron chi connectivity index (χ0n) is 9.45. The van der Waals surface area contributed by atoms with Crippen molar-refractivity contribution in [3.05, 3.63) is 24.0 Å². The lowest BCUT2D eigenvalue weighted by Gasteiger charge is -2.25. The van der Waals surface area contributed by atoms with Crippen LogP contribution in [-0.2, 0) is 4.74 Å². The Bertz CT molecular complexity index is 370. The number of nitrogens with two attached hydrogens (primary N) is 1. The molecule has 88 valence electrons. The second-order valence-corrected chi connectivity index (χ2v) is 4.18. The van der Waals surface area contributed by atoms with Crippen LogP contribution in [0.1, 0.15) is 13.3 Å². The Morgan fingerprint density at radius 3 is 3.06 bits per heavy atom. The van der Waals surface area contributed by atoms with Crippen molar-refractivity contribution in [1.82, 2.24) is 0 Å². The number of hydrogen-bond donors (Lipinski definition) is 1. The Hall–Kier alpha value is -1.29. The summed E-state index contributed by atoms with van der Waals surface area (Å²) in [6.07, 6.45) is 1.16. The lowest BCUT2D eigenvalue weighted by atomic mass is 10.2. The van der Waals surface area contributed by atoms with Crippen molar-refractivity contribution >= 4 is 11.4 Å². The predicted molar refractivity (Wildman–Crippen MR) is 63.1 cm³/mol. The van der Waals surface area contributed by atoms with E-state index in [9.17, 15) is 4.39 Å². The van der Waals surface area contributed by atoms with Gasteiger partial charge in [-0.15, -0.1) is 0 Å². The van der Waals surface area contributed by atoms with Gasteiger partial charge in [0, 0.05) is 19.7 Å². The molecule has 0 spiro atoms. The summed E-state index contributed by atoms with van der Waals surface area (Å²) in [5.74, 6) is -0.291. The van der Waals surface area contributed by atoms with E-state index in [1.807, 2.05) is 6.92 Å². The van der Waals surface area contributed by atoms with Crippen molar-refractivity contribution in [3.63, 3.8) is 0 Å². The van der Waals surface area contributed by atoms with E-state index in [1.165, 1.54) is 12.1 Å². The van der Waals surface area contributed by atoms with Gasteiger partial charge in [-0.25, -0.2) is 4.39 Å². The lowest BCUT2D eigenvalue weighted by molar-refractivity contribution is 0.0821. The Balaban J connectivity index is 2.21. The van der Waals surface area contributed by atoms with E-state index in [-0.39, 0.29) is 11.9 Å². The van der Waals surface area contributed by atoms with Crippen molar-refractivity contribution in [1.29, 1.82) is 0 Å². The number of nitrogens with zero attached hydrogens (tertiary/aromatic N) is 1. The zero-order valence-corrected chi connectivity index (χ0v) is 9.45. The fourth-order valence-corrected chi connectivity index (χ4v) is 2.03. The average molecular weight is 224 g/mol. The maximum absolute atomic E-state index is 12.9. The second-order valence-electron chi connectivity index (χ2n) is 4.18. The first-order chi connectivity index (χ1) is 7.66. The van der Waals surface area contributed by atoms with E-state index < -0.39 is 0 Å². The summed E-state index contributed by atoms with van der Waals surface area (Å²) in [6, 6.07) is 4.55. The molecule has 0 saturated carbocycles. The van der Waals surface area contributed by atoms with Gasteiger partial charge in [0.2, 0.25) is 0 Å². The Morgan fingerprint density at radius 1 is 1.50 bits per heavy atom. The van der Waals surface area contributed by atoms with Crippen molar-refractivity contribution in [2.75, 3.05) is 30.3 Å². The number of benzene rings is 1. The molecule has 0 radical (unpaired) electrons. The van der Waals surface area contributed by atoms with E-state index in [2.05, 4.69) is 4.90 Å². The minimum absolute atomic E-state index is 0.187. The summed E-state index contributed by atoms with van der Waals surface area (Å²) in [5.41, 5.74) is 7.22. The fourth-order valence-electron chi connectivity index (χ4n) is 2.03. The topological polar surface area (TPSA) is 38.5 Å². The van der Waals surface area contributed by atoms with Gasteiger partial charge in [0.1, 0.15) is 5.82 Å². The van der Waals surface area contributed by atoms with Gasteiger partial charge in [-0.05, 0) is 31.5 Å². The van der Waals surface area contributed by atoms with E-state index >= 15 is 0 Å². The molecule has 0 aromatic heterocycles. The molecule has 1 aliphatic heterocycles. The fraction of sp³-hybridized carbons (Fsp3) is 0.500. The van der Waals surface area contributed by atoms with Crippen LogP contribution in [0.15, 0.2) is 18.2 Å². The smallest absolute Gasteiger partial charge is 0.125 e. The van der Waals surface area contributed by atoms with E-state index in [4.69, 9.17) is 10.5 Å². The Kier molecular flexibility index (Phi) is 3.29. The maximum atomic E-state index is 12.9.